The van der Waals surface area contributed by atoms with Gasteiger partial charge in [0, 0.05) is 23.1 Å². The molecule has 4 nitrogen and oxygen atoms in total. The Labute approximate surface area is 121 Å². The Bertz CT molecular complexity index is 795. The first-order chi connectivity index (χ1) is 9.61. The number of fused-ring (bicyclic) bond motifs is 1. The van der Waals surface area contributed by atoms with Crippen molar-refractivity contribution >= 4 is 28.8 Å². The molecule has 3 aromatic rings. The number of amides is 1. The van der Waals surface area contributed by atoms with E-state index in [4.69, 9.17) is 11.6 Å². The largest absolute Gasteiger partial charge is 0.321 e. The van der Waals surface area contributed by atoms with Crippen LogP contribution in [-0.2, 0) is 0 Å². The van der Waals surface area contributed by atoms with Crippen molar-refractivity contribution in [1.82, 2.24) is 9.38 Å². The van der Waals surface area contributed by atoms with Gasteiger partial charge in [-0.25, -0.2) is 4.98 Å². The summed E-state index contributed by atoms with van der Waals surface area (Å²) in [5.41, 5.74) is 2.87. The molecule has 0 aliphatic heterocycles. The number of pyridine rings is 1. The molecule has 5 heteroatoms. The van der Waals surface area contributed by atoms with Crippen molar-refractivity contribution in [2.45, 2.75) is 6.92 Å². The summed E-state index contributed by atoms with van der Waals surface area (Å²) in [5, 5.41) is 3.35. The topological polar surface area (TPSA) is 46.4 Å². The van der Waals surface area contributed by atoms with Crippen molar-refractivity contribution in [2.24, 2.45) is 0 Å². The molecule has 0 spiro atoms. The van der Waals surface area contributed by atoms with E-state index in [0.717, 1.165) is 11.2 Å². The normalized spacial score (nSPS) is 10.7. The van der Waals surface area contributed by atoms with Gasteiger partial charge in [0.2, 0.25) is 0 Å². The third kappa shape index (κ3) is 2.51. The van der Waals surface area contributed by atoms with Crippen LogP contribution in [0, 0.1) is 6.92 Å². The molecular weight excluding hydrogens is 274 g/mol. The van der Waals surface area contributed by atoms with E-state index in [2.05, 4.69) is 10.3 Å². The highest BCUT2D eigenvalue weighted by Gasteiger charge is 2.11. The minimum atomic E-state index is -0.256. The van der Waals surface area contributed by atoms with E-state index in [9.17, 15) is 4.79 Å². The van der Waals surface area contributed by atoms with Gasteiger partial charge in [-0.15, -0.1) is 0 Å². The Hall–Kier alpha value is -2.33. The van der Waals surface area contributed by atoms with Crippen molar-refractivity contribution < 1.29 is 4.79 Å². The van der Waals surface area contributed by atoms with E-state index in [1.54, 1.807) is 30.5 Å². The quantitative estimate of drug-likeness (QED) is 0.783. The molecule has 2 aromatic heterocycles. The number of aromatic nitrogens is 2. The number of imidazole rings is 1. The zero-order chi connectivity index (χ0) is 14.1. The number of hydrogen-bond acceptors (Lipinski definition) is 2. The monoisotopic (exact) mass is 285 g/mol. The summed E-state index contributed by atoms with van der Waals surface area (Å²) in [6, 6.07) is 10.9. The lowest BCUT2D eigenvalue weighted by atomic mass is 10.3. The number of benzene rings is 1. The van der Waals surface area contributed by atoms with Crippen LogP contribution < -0.4 is 5.32 Å². The van der Waals surface area contributed by atoms with E-state index >= 15 is 0 Å². The van der Waals surface area contributed by atoms with Crippen LogP contribution in [0.5, 0.6) is 0 Å². The highest BCUT2D eigenvalue weighted by Crippen LogP contribution is 2.16. The molecule has 3 rings (SSSR count). The third-order valence-corrected chi connectivity index (χ3v) is 3.17. The molecule has 0 bridgehead atoms. The first-order valence-corrected chi connectivity index (χ1v) is 6.52. The van der Waals surface area contributed by atoms with Crippen molar-refractivity contribution in [1.29, 1.82) is 0 Å². The van der Waals surface area contributed by atoms with Crippen LogP contribution in [0.15, 0.2) is 48.8 Å². The first kappa shape index (κ1) is 12.7. The van der Waals surface area contributed by atoms with Crippen LogP contribution in [0.1, 0.15) is 16.1 Å². The van der Waals surface area contributed by atoms with Crippen LogP contribution in [0.4, 0.5) is 5.69 Å². The summed E-state index contributed by atoms with van der Waals surface area (Å²) in [5.74, 6) is -0.256. The Balaban J connectivity index is 1.88. The lowest BCUT2D eigenvalue weighted by molar-refractivity contribution is 0.102. The molecule has 0 fully saturated rings. The van der Waals surface area contributed by atoms with Gasteiger partial charge >= 0.3 is 0 Å². The van der Waals surface area contributed by atoms with Gasteiger partial charge < -0.3 is 9.72 Å². The summed E-state index contributed by atoms with van der Waals surface area (Å²) in [6.07, 6.45) is 3.59. The minimum absolute atomic E-state index is 0.256. The predicted molar refractivity (Wildman–Crippen MR) is 79.3 cm³/mol. The lowest BCUT2D eigenvalue weighted by Crippen LogP contribution is -2.12. The second-order valence-electron chi connectivity index (χ2n) is 4.56. The van der Waals surface area contributed by atoms with Crippen molar-refractivity contribution in [3.8, 4) is 0 Å². The number of nitrogens with one attached hydrogen (secondary N) is 1. The van der Waals surface area contributed by atoms with E-state index in [0.29, 0.717) is 16.4 Å². The van der Waals surface area contributed by atoms with Crippen LogP contribution in [0.3, 0.4) is 0 Å². The average molecular weight is 286 g/mol. The Morgan fingerprint density at radius 3 is 2.95 bits per heavy atom. The first-order valence-electron chi connectivity index (χ1n) is 6.14. The summed E-state index contributed by atoms with van der Waals surface area (Å²) in [4.78, 5) is 16.5. The molecule has 0 unspecified atom stereocenters. The number of nitrogens with zero attached hydrogens (tertiary/aromatic N) is 2. The van der Waals surface area contributed by atoms with Crippen LogP contribution in [-0.4, -0.2) is 15.3 Å². The van der Waals surface area contributed by atoms with E-state index in [1.807, 2.05) is 29.7 Å². The lowest BCUT2D eigenvalue weighted by Gasteiger charge is -2.02. The van der Waals surface area contributed by atoms with Crippen LogP contribution in [0.2, 0.25) is 5.02 Å². The Morgan fingerprint density at radius 1 is 1.30 bits per heavy atom. The molecule has 0 saturated heterocycles. The summed E-state index contributed by atoms with van der Waals surface area (Å²) >= 11 is 5.88. The number of carbonyl (C=O) groups is 1. The zero-order valence-corrected chi connectivity index (χ0v) is 11.6. The van der Waals surface area contributed by atoms with Crippen molar-refractivity contribution in [3.63, 3.8) is 0 Å². The Kier molecular flexibility index (Phi) is 3.16. The molecule has 1 amide bonds. The summed E-state index contributed by atoms with van der Waals surface area (Å²) in [6.45, 7) is 1.99. The van der Waals surface area contributed by atoms with Gasteiger partial charge in [-0.05, 0) is 42.8 Å². The molecule has 0 radical (unpaired) electrons. The smallest absolute Gasteiger partial charge is 0.275 e. The van der Waals surface area contributed by atoms with E-state index in [1.165, 1.54) is 0 Å². The Morgan fingerprint density at radius 2 is 2.15 bits per heavy atom. The number of aryl methyl sites for hydroxylation is 1. The molecule has 1 aromatic carbocycles. The molecule has 0 aliphatic carbocycles. The number of carbonyl (C=O) groups excluding carboxylic acids is 1. The van der Waals surface area contributed by atoms with E-state index in [-0.39, 0.29) is 5.91 Å². The third-order valence-electron chi connectivity index (χ3n) is 2.93. The maximum absolute atomic E-state index is 12.1. The fourth-order valence-electron chi connectivity index (χ4n) is 1.95. The average Bonchev–Trinajstić information content (AvgIpc) is 2.81. The fraction of sp³-hybridized carbons (Fsp3) is 0.0667. The molecule has 0 atom stereocenters. The number of anilines is 1. The van der Waals surface area contributed by atoms with E-state index < -0.39 is 0 Å². The number of hydrogen-bond donors (Lipinski definition) is 1. The molecule has 0 aliphatic rings. The molecule has 2 heterocycles. The zero-order valence-electron chi connectivity index (χ0n) is 10.8. The molecule has 1 N–H and O–H groups in total. The number of rotatable bonds is 2. The highest BCUT2D eigenvalue weighted by molar-refractivity contribution is 6.30. The number of halogens is 1. The van der Waals surface area contributed by atoms with Gasteiger partial charge in [0.25, 0.3) is 5.91 Å². The predicted octanol–water partition coefficient (Wildman–Crippen LogP) is 3.55. The second kappa shape index (κ2) is 4.98. The molecule has 0 saturated carbocycles. The minimum Gasteiger partial charge on any atom is -0.321 e. The van der Waals surface area contributed by atoms with Crippen LogP contribution >= 0.6 is 11.6 Å². The van der Waals surface area contributed by atoms with Gasteiger partial charge in [-0.3, -0.25) is 4.79 Å². The maximum atomic E-state index is 12.1. The fourth-order valence-corrected chi connectivity index (χ4v) is 2.14. The summed E-state index contributed by atoms with van der Waals surface area (Å²) < 4.78 is 1.82. The maximum Gasteiger partial charge on any atom is 0.275 e. The van der Waals surface area contributed by atoms with Gasteiger partial charge in [0.05, 0.1) is 0 Å². The SMILES string of the molecule is Cc1ccn2cc(C(=O)Nc3cccc(Cl)c3)nc2c1. The molecular formula is C15H12ClN3O. The van der Waals surface area contributed by atoms with Crippen LogP contribution in [0.25, 0.3) is 5.65 Å². The van der Waals surface area contributed by atoms with Crippen molar-refractivity contribution in [3.05, 3.63) is 65.1 Å². The molecule has 20 heavy (non-hydrogen) atoms. The van der Waals surface area contributed by atoms with Crippen molar-refractivity contribution in [2.75, 3.05) is 5.32 Å². The van der Waals surface area contributed by atoms with Gasteiger partial charge in [-0.2, -0.15) is 0 Å². The summed E-state index contributed by atoms with van der Waals surface area (Å²) in [7, 11) is 0. The highest BCUT2D eigenvalue weighted by atomic mass is 35.5. The molecule has 100 valence electrons. The van der Waals surface area contributed by atoms with Gasteiger partial charge in [0.15, 0.2) is 0 Å². The van der Waals surface area contributed by atoms with Gasteiger partial charge in [-0.1, -0.05) is 17.7 Å². The second-order valence-corrected chi connectivity index (χ2v) is 5.00. The standard InChI is InChI=1S/C15H12ClN3O/c1-10-5-6-19-9-13(18-14(19)7-10)15(20)17-12-4-2-3-11(16)8-12/h2-9H,1H3,(H,17,20). The van der Waals surface area contributed by atoms with Gasteiger partial charge in [0.1, 0.15) is 11.3 Å².